The molecule has 0 bridgehead atoms. The molecule has 2 aromatic rings. The van der Waals surface area contributed by atoms with Crippen molar-refractivity contribution in [3.8, 4) is 10.8 Å². The monoisotopic (exact) mass is 264 g/mol. The number of nitrogens with one attached hydrogen (secondary N) is 2. The topological polar surface area (TPSA) is 63.0 Å². The molecule has 1 atom stereocenters. The van der Waals surface area contributed by atoms with Gasteiger partial charge in [0, 0.05) is 12.1 Å². The average Bonchev–Trinajstić information content (AvgIpc) is 3.08. The van der Waals surface area contributed by atoms with E-state index in [4.69, 9.17) is 4.42 Å². The Morgan fingerprint density at radius 3 is 3.22 bits per heavy atom. The van der Waals surface area contributed by atoms with E-state index in [1.807, 2.05) is 17.5 Å². The number of thiophene rings is 1. The van der Waals surface area contributed by atoms with Crippen molar-refractivity contribution in [3.05, 3.63) is 23.4 Å². The summed E-state index contributed by atoms with van der Waals surface area (Å²) in [6.45, 7) is 4.88. The molecule has 1 saturated heterocycles. The zero-order chi connectivity index (χ0) is 12.4. The molecule has 3 rings (SSSR count). The van der Waals surface area contributed by atoms with Gasteiger partial charge < -0.3 is 15.1 Å². The fourth-order valence-electron chi connectivity index (χ4n) is 2.08. The molecule has 0 amide bonds. The van der Waals surface area contributed by atoms with Crippen molar-refractivity contribution in [2.24, 2.45) is 0 Å². The Hall–Kier alpha value is -1.24. The maximum Gasteiger partial charge on any atom is 0.257 e. The summed E-state index contributed by atoms with van der Waals surface area (Å²) in [5, 5.41) is 17.0. The van der Waals surface area contributed by atoms with Crippen molar-refractivity contribution in [1.29, 1.82) is 0 Å². The highest BCUT2D eigenvalue weighted by Crippen LogP contribution is 2.23. The third-order valence-corrected chi connectivity index (χ3v) is 4.09. The lowest BCUT2D eigenvalue weighted by atomic mass is 10.0. The standard InChI is InChI=1S/C12H16N4OS/c1-12(4-5-13-8-12)14-7-10-15-16-11(17-10)9-3-2-6-18-9/h2-3,6,13-14H,4-5,7-8H2,1H3. The quantitative estimate of drug-likeness (QED) is 0.879. The number of nitrogens with zero attached hydrogens (tertiary/aromatic N) is 2. The molecule has 6 heteroatoms. The van der Waals surface area contributed by atoms with Crippen molar-refractivity contribution < 1.29 is 4.42 Å². The molecule has 1 aliphatic heterocycles. The van der Waals surface area contributed by atoms with Crippen LogP contribution in [0.25, 0.3) is 10.8 Å². The lowest BCUT2D eigenvalue weighted by Gasteiger charge is -2.23. The predicted octanol–water partition coefficient (Wildman–Crippen LogP) is 1.64. The summed E-state index contributed by atoms with van der Waals surface area (Å²) in [4.78, 5) is 1.02. The molecule has 0 saturated carbocycles. The summed E-state index contributed by atoms with van der Waals surface area (Å²) in [6, 6.07) is 3.96. The minimum Gasteiger partial charge on any atom is -0.419 e. The zero-order valence-corrected chi connectivity index (χ0v) is 11.1. The molecule has 0 spiro atoms. The molecule has 18 heavy (non-hydrogen) atoms. The second kappa shape index (κ2) is 4.79. The van der Waals surface area contributed by atoms with Crippen LogP contribution in [0, 0.1) is 0 Å². The van der Waals surface area contributed by atoms with Gasteiger partial charge in [-0.1, -0.05) is 6.07 Å². The molecule has 0 aromatic carbocycles. The van der Waals surface area contributed by atoms with Gasteiger partial charge in [0.05, 0.1) is 11.4 Å². The molecule has 0 radical (unpaired) electrons. The molecular formula is C12H16N4OS. The summed E-state index contributed by atoms with van der Waals surface area (Å²) in [7, 11) is 0. The lowest BCUT2D eigenvalue weighted by molar-refractivity contribution is 0.357. The molecular weight excluding hydrogens is 248 g/mol. The van der Waals surface area contributed by atoms with Gasteiger partial charge in [-0.05, 0) is 31.3 Å². The third-order valence-electron chi connectivity index (χ3n) is 3.23. The maximum atomic E-state index is 5.64. The molecule has 1 fully saturated rings. The molecule has 1 aliphatic rings. The van der Waals surface area contributed by atoms with Crippen LogP contribution in [0.1, 0.15) is 19.2 Å². The van der Waals surface area contributed by atoms with Gasteiger partial charge in [-0.15, -0.1) is 21.5 Å². The zero-order valence-electron chi connectivity index (χ0n) is 10.3. The first-order valence-electron chi connectivity index (χ1n) is 6.07. The van der Waals surface area contributed by atoms with Gasteiger partial charge >= 0.3 is 0 Å². The summed E-state index contributed by atoms with van der Waals surface area (Å²) in [6.07, 6.45) is 1.12. The van der Waals surface area contributed by atoms with Crippen LogP contribution in [-0.2, 0) is 6.54 Å². The first kappa shape index (κ1) is 11.8. The number of rotatable bonds is 4. The number of aromatic nitrogens is 2. The molecule has 2 aromatic heterocycles. The predicted molar refractivity (Wildman–Crippen MR) is 70.3 cm³/mol. The van der Waals surface area contributed by atoms with Gasteiger partial charge in [0.1, 0.15) is 0 Å². The van der Waals surface area contributed by atoms with E-state index in [2.05, 4.69) is 27.8 Å². The third kappa shape index (κ3) is 2.45. The first-order chi connectivity index (χ1) is 8.75. The molecule has 2 N–H and O–H groups in total. The van der Waals surface area contributed by atoms with Crippen molar-refractivity contribution in [2.45, 2.75) is 25.4 Å². The van der Waals surface area contributed by atoms with Crippen molar-refractivity contribution in [1.82, 2.24) is 20.8 Å². The summed E-state index contributed by atoms with van der Waals surface area (Å²) in [5.41, 5.74) is 0.136. The Morgan fingerprint density at radius 2 is 2.50 bits per heavy atom. The van der Waals surface area contributed by atoms with Gasteiger partial charge in [-0.2, -0.15) is 0 Å². The highest BCUT2D eigenvalue weighted by Gasteiger charge is 2.28. The molecule has 96 valence electrons. The van der Waals surface area contributed by atoms with Crippen molar-refractivity contribution in [3.63, 3.8) is 0 Å². The van der Waals surface area contributed by atoms with E-state index in [9.17, 15) is 0 Å². The molecule has 5 nitrogen and oxygen atoms in total. The van der Waals surface area contributed by atoms with E-state index < -0.39 is 0 Å². The number of hydrogen-bond acceptors (Lipinski definition) is 6. The summed E-state index contributed by atoms with van der Waals surface area (Å²) in [5.74, 6) is 1.25. The van der Waals surface area contributed by atoms with Crippen LogP contribution in [-0.4, -0.2) is 28.8 Å². The van der Waals surface area contributed by atoms with Crippen LogP contribution in [0.2, 0.25) is 0 Å². The van der Waals surface area contributed by atoms with Crippen LogP contribution in [0.15, 0.2) is 21.9 Å². The van der Waals surface area contributed by atoms with Crippen LogP contribution in [0.5, 0.6) is 0 Å². The van der Waals surface area contributed by atoms with Gasteiger partial charge in [0.25, 0.3) is 5.89 Å². The van der Waals surface area contributed by atoms with E-state index >= 15 is 0 Å². The van der Waals surface area contributed by atoms with E-state index in [1.165, 1.54) is 0 Å². The van der Waals surface area contributed by atoms with Crippen molar-refractivity contribution in [2.75, 3.05) is 13.1 Å². The number of hydrogen-bond donors (Lipinski definition) is 2. The van der Waals surface area contributed by atoms with Crippen LogP contribution >= 0.6 is 11.3 Å². The van der Waals surface area contributed by atoms with E-state index in [-0.39, 0.29) is 5.54 Å². The highest BCUT2D eigenvalue weighted by molar-refractivity contribution is 7.13. The second-order valence-corrected chi connectivity index (χ2v) is 5.77. The van der Waals surface area contributed by atoms with Crippen LogP contribution in [0.3, 0.4) is 0 Å². The van der Waals surface area contributed by atoms with E-state index in [1.54, 1.807) is 11.3 Å². The minimum absolute atomic E-state index is 0.136. The minimum atomic E-state index is 0.136. The molecule has 3 heterocycles. The van der Waals surface area contributed by atoms with Crippen LogP contribution in [0.4, 0.5) is 0 Å². The van der Waals surface area contributed by atoms with E-state index in [0.717, 1.165) is 24.4 Å². The fraction of sp³-hybridized carbons (Fsp3) is 0.500. The smallest absolute Gasteiger partial charge is 0.257 e. The van der Waals surface area contributed by atoms with E-state index in [0.29, 0.717) is 18.3 Å². The van der Waals surface area contributed by atoms with Gasteiger partial charge in [0.2, 0.25) is 5.89 Å². The van der Waals surface area contributed by atoms with Crippen LogP contribution < -0.4 is 10.6 Å². The Labute approximate surface area is 110 Å². The van der Waals surface area contributed by atoms with Gasteiger partial charge in [-0.3, -0.25) is 0 Å². The first-order valence-corrected chi connectivity index (χ1v) is 6.95. The summed E-state index contributed by atoms with van der Waals surface area (Å²) < 4.78 is 5.64. The SMILES string of the molecule is CC1(NCc2nnc(-c3cccs3)o2)CCNC1. The Balaban J connectivity index is 1.64. The fourth-order valence-corrected chi connectivity index (χ4v) is 2.73. The maximum absolute atomic E-state index is 5.64. The second-order valence-electron chi connectivity index (χ2n) is 4.82. The summed E-state index contributed by atoms with van der Waals surface area (Å²) >= 11 is 1.61. The van der Waals surface area contributed by atoms with Gasteiger partial charge in [-0.25, -0.2) is 0 Å². The molecule has 0 aliphatic carbocycles. The van der Waals surface area contributed by atoms with Crippen molar-refractivity contribution >= 4 is 11.3 Å². The Morgan fingerprint density at radius 1 is 1.56 bits per heavy atom. The highest BCUT2D eigenvalue weighted by atomic mass is 32.1. The molecule has 1 unspecified atom stereocenters. The van der Waals surface area contributed by atoms with Gasteiger partial charge in [0.15, 0.2) is 0 Å². The Kier molecular flexibility index (Phi) is 3.15. The normalized spacial score (nSPS) is 23.6. The average molecular weight is 264 g/mol. The Bertz CT molecular complexity index is 502. The largest absolute Gasteiger partial charge is 0.419 e. The lowest BCUT2D eigenvalue weighted by Crippen LogP contribution is -2.43.